The molecule has 35 valence electrons. The number of halogens is 1. The molecule has 0 heterocycles. The van der Waals surface area contributed by atoms with Crippen molar-refractivity contribution in [1.82, 2.24) is 0 Å². The lowest BCUT2D eigenvalue weighted by Gasteiger charge is -1.77. The van der Waals surface area contributed by atoms with Crippen molar-refractivity contribution < 1.29 is 19.3 Å². The number of rotatable bonds is 1. The number of alkyl halides is 1. The van der Waals surface area contributed by atoms with Crippen LogP contribution in [0.2, 0.25) is 0 Å². The summed E-state index contributed by atoms with van der Waals surface area (Å²) < 4.78 is 10.7. The molecule has 1 radical (unpaired) electrons. The van der Waals surface area contributed by atoms with E-state index in [-0.39, 0.29) is 0 Å². The maximum absolute atomic E-state index is 10.7. The van der Waals surface area contributed by atoms with E-state index in [1.165, 1.54) is 0 Å². The van der Waals surface area contributed by atoms with Gasteiger partial charge in [-0.25, -0.2) is 9.18 Å². The Balaban J connectivity index is 2.99. The Kier molecular flexibility index (Phi) is 2.31. The molecule has 0 fully saturated rings. The van der Waals surface area contributed by atoms with Gasteiger partial charge in [0.1, 0.15) is 0 Å². The molecule has 0 saturated carbocycles. The molecule has 4 heteroatoms. The summed E-state index contributed by atoms with van der Waals surface area (Å²) in [5, 5.41) is 8.77. The first-order valence-corrected chi connectivity index (χ1v) is 1.20. The van der Waals surface area contributed by atoms with Gasteiger partial charge in [0.2, 0.25) is 0 Å². The Morgan fingerprint density at radius 1 is 1.83 bits per heavy atom. The molecule has 3 nitrogen and oxygen atoms in total. The summed E-state index contributed by atoms with van der Waals surface area (Å²) >= 11 is 0. The van der Waals surface area contributed by atoms with Crippen LogP contribution in [0, 0.1) is 0 Å². The SMILES string of the molecule is [O]OC(=O)CF. The summed E-state index contributed by atoms with van der Waals surface area (Å²) in [6, 6.07) is 0. The third kappa shape index (κ3) is 1.66. The van der Waals surface area contributed by atoms with Gasteiger partial charge in [-0.3, -0.25) is 4.89 Å². The van der Waals surface area contributed by atoms with Crippen LogP contribution in [-0.2, 0) is 14.9 Å². The second-order valence-corrected chi connectivity index (χ2v) is 0.589. The van der Waals surface area contributed by atoms with Crippen LogP contribution in [-0.4, -0.2) is 12.6 Å². The van der Waals surface area contributed by atoms with Gasteiger partial charge in [-0.1, -0.05) is 0 Å². The molecule has 0 N–H and O–H groups in total. The molecule has 0 aliphatic heterocycles. The minimum absolute atomic E-state index is 1.34. The van der Waals surface area contributed by atoms with Crippen LogP contribution >= 0.6 is 0 Å². The van der Waals surface area contributed by atoms with E-state index < -0.39 is 12.6 Å². The highest BCUT2D eigenvalue weighted by Crippen LogP contribution is 1.70. The average molecular weight is 93.0 g/mol. The molecule has 0 unspecified atom stereocenters. The predicted octanol–water partition coefficient (Wildman–Crippen LogP) is -0.155. The fraction of sp³-hybridized carbons (Fsp3) is 0.500. The zero-order valence-electron chi connectivity index (χ0n) is 2.81. The first-order valence-electron chi connectivity index (χ1n) is 1.20. The van der Waals surface area contributed by atoms with E-state index in [2.05, 4.69) is 4.89 Å². The summed E-state index contributed by atoms with van der Waals surface area (Å²) in [7, 11) is 0. The fourth-order valence-electron chi connectivity index (χ4n) is 0.0223. The van der Waals surface area contributed by atoms with Gasteiger partial charge < -0.3 is 0 Å². The maximum Gasteiger partial charge on any atom is 0.376 e. The highest BCUT2D eigenvalue weighted by molar-refractivity contribution is 5.69. The Morgan fingerprint density at radius 2 is 2.33 bits per heavy atom. The first kappa shape index (κ1) is 5.36. The third-order valence-corrected chi connectivity index (χ3v) is 0.202. The minimum atomic E-state index is -1.38. The topological polar surface area (TPSA) is 46.2 Å². The second kappa shape index (κ2) is 2.59. The van der Waals surface area contributed by atoms with Crippen LogP contribution in [0.1, 0.15) is 0 Å². The van der Waals surface area contributed by atoms with Crippen LogP contribution in [0.15, 0.2) is 0 Å². The molecule has 0 atom stereocenters. The summed E-state index contributed by atoms with van der Waals surface area (Å²) in [5.74, 6) is -1.38. The van der Waals surface area contributed by atoms with Crippen LogP contribution < -0.4 is 0 Å². The molecule has 0 aliphatic rings. The van der Waals surface area contributed by atoms with Crippen LogP contribution in [0.5, 0.6) is 0 Å². The summed E-state index contributed by atoms with van der Waals surface area (Å²) in [5.41, 5.74) is 0. The quantitative estimate of drug-likeness (QED) is 0.334. The van der Waals surface area contributed by atoms with Gasteiger partial charge in [-0.2, -0.15) is 0 Å². The maximum atomic E-state index is 10.7. The lowest BCUT2D eigenvalue weighted by molar-refractivity contribution is -0.278. The summed E-state index contributed by atoms with van der Waals surface area (Å²) in [4.78, 5) is 11.9. The Bertz CT molecular complexity index is 46.8. The Morgan fingerprint density at radius 3 is 2.33 bits per heavy atom. The van der Waals surface area contributed by atoms with Crippen molar-refractivity contribution in [1.29, 1.82) is 0 Å². The van der Waals surface area contributed by atoms with Crippen molar-refractivity contribution in [2.75, 3.05) is 6.67 Å². The van der Waals surface area contributed by atoms with Gasteiger partial charge in [0.25, 0.3) is 0 Å². The van der Waals surface area contributed by atoms with E-state index in [1.54, 1.807) is 0 Å². The van der Waals surface area contributed by atoms with Crippen molar-refractivity contribution in [3.63, 3.8) is 0 Å². The van der Waals surface area contributed by atoms with Crippen LogP contribution in [0.4, 0.5) is 4.39 Å². The minimum Gasteiger partial charge on any atom is -0.263 e. The molecule has 0 amide bonds. The van der Waals surface area contributed by atoms with E-state index in [4.69, 9.17) is 5.26 Å². The van der Waals surface area contributed by atoms with E-state index in [0.717, 1.165) is 0 Å². The van der Waals surface area contributed by atoms with E-state index in [9.17, 15) is 9.18 Å². The predicted molar refractivity (Wildman–Crippen MR) is 12.8 cm³/mol. The molecule has 0 spiro atoms. The van der Waals surface area contributed by atoms with E-state index in [1.807, 2.05) is 0 Å². The number of hydrogen-bond acceptors (Lipinski definition) is 2. The fourth-order valence-corrected chi connectivity index (χ4v) is 0.0223. The van der Waals surface area contributed by atoms with Gasteiger partial charge in [-0.15, -0.1) is 0 Å². The number of carbonyl (C=O) groups excluding carboxylic acids is 1. The highest BCUT2D eigenvalue weighted by atomic mass is 19.1. The zero-order chi connectivity index (χ0) is 4.99. The van der Waals surface area contributed by atoms with E-state index in [0.29, 0.717) is 0 Å². The lowest BCUT2D eigenvalue weighted by atomic mass is 10.8. The standard InChI is InChI=1S/C2H2FO3/c3-1-2(4)6-5/h1H2. The zero-order valence-corrected chi connectivity index (χ0v) is 2.81. The molecule has 6 heavy (non-hydrogen) atoms. The van der Waals surface area contributed by atoms with Crippen molar-refractivity contribution in [2.24, 2.45) is 0 Å². The monoisotopic (exact) mass is 93.0 g/mol. The van der Waals surface area contributed by atoms with Crippen molar-refractivity contribution in [3.05, 3.63) is 0 Å². The normalized spacial score (nSPS) is 7.67. The summed E-state index contributed by atoms with van der Waals surface area (Å²) in [6.07, 6.45) is 0. The number of hydrogen-bond donors (Lipinski definition) is 0. The van der Waals surface area contributed by atoms with Crippen molar-refractivity contribution in [2.45, 2.75) is 0 Å². The Labute approximate surface area is 33.3 Å². The van der Waals surface area contributed by atoms with Crippen LogP contribution in [0.3, 0.4) is 0 Å². The first-order chi connectivity index (χ1) is 2.81. The molecule has 0 aromatic heterocycles. The lowest BCUT2D eigenvalue weighted by Crippen LogP contribution is -1.99. The molecular formula is C2H2FO3. The Hall–Kier alpha value is -0.640. The third-order valence-electron chi connectivity index (χ3n) is 0.202. The smallest absolute Gasteiger partial charge is 0.263 e. The van der Waals surface area contributed by atoms with Gasteiger partial charge in [0, 0.05) is 5.26 Å². The molecule has 0 rings (SSSR count). The van der Waals surface area contributed by atoms with Crippen molar-refractivity contribution >= 4 is 5.97 Å². The van der Waals surface area contributed by atoms with Crippen molar-refractivity contribution in [3.8, 4) is 0 Å². The van der Waals surface area contributed by atoms with E-state index >= 15 is 0 Å². The molecule has 0 saturated heterocycles. The molecule has 0 aliphatic carbocycles. The van der Waals surface area contributed by atoms with Gasteiger partial charge in [0.15, 0.2) is 6.67 Å². The van der Waals surface area contributed by atoms with Crippen LogP contribution in [0.25, 0.3) is 0 Å². The molecule has 0 aromatic carbocycles. The number of carbonyl (C=O) groups is 1. The summed E-state index contributed by atoms with van der Waals surface area (Å²) in [6.45, 7) is -1.34. The highest BCUT2D eigenvalue weighted by Gasteiger charge is 1.96. The largest absolute Gasteiger partial charge is 0.376 e. The molecule has 0 bridgehead atoms. The second-order valence-electron chi connectivity index (χ2n) is 0.589. The average Bonchev–Trinajstić information content (AvgIpc) is 1.65. The molecular weight excluding hydrogens is 91.0 g/mol. The van der Waals surface area contributed by atoms with Gasteiger partial charge >= 0.3 is 5.97 Å². The molecule has 0 aromatic rings. The van der Waals surface area contributed by atoms with Gasteiger partial charge in [-0.05, 0) is 0 Å². The van der Waals surface area contributed by atoms with Gasteiger partial charge in [0.05, 0.1) is 0 Å².